The average Bonchev–Trinajstić information content (AvgIpc) is 2.83. The Labute approximate surface area is 164 Å². The number of quaternary nitrogens is 1. The molecule has 7 nitrogen and oxygen atoms in total. The number of carbonyl (C=O) groups excluding carboxylic acids is 2. The Kier molecular flexibility index (Phi) is 6.98. The molecule has 0 aliphatic carbocycles. The van der Waals surface area contributed by atoms with Crippen LogP contribution in [-0.2, 0) is 16.6 Å². The number of hydrogen-bond acceptors (Lipinski definition) is 3. The molecule has 0 saturated carbocycles. The summed E-state index contributed by atoms with van der Waals surface area (Å²) in [4.78, 5) is 25.7. The number of nitrogens with zero attached hydrogens (tertiary/aromatic N) is 2. The van der Waals surface area contributed by atoms with Gasteiger partial charge in [0, 0.05) is 17.8 Å². The van der Waals surface area contributed by atoms with Gasteiger partial charge in [-0.25, -0.2) is 0 Å². The van der Waals surface area contributed by atoms with Crippen molar-refractivity contribution in [1.29, 1.82) is 0 Å². The van der Waals surface area contributed by atoms with E-state index in [1.165, 1.54) is 0 Å². The van der Waals surface area contributed by atoms with Gasteiger partial charge in [-0.15, -0.1) is 0 Å². The summed E-state index contributed by atoms with van der Waals surface area (Å²) in [5.74, 6) is -0.295. The molecular formula is C19H27ClN5O2+. The van der Waals surface area contributed by atoms with Crippen molar-refractivity contribution in [3.05, 3.63) is 40.2 Å². The molecule has 1 aromatic heterocycles. The molecule has 8 heteroatoms. The first kappa shape index (κ1) is 20.9. The Morgan fingerprint density at radius 1 is 1.15 bits per heavy atom. The van der Waals surface area contributed by atoms with Crippen LogP contribution >= 0.6 is 11.6 Å². The molecule has 2 rings (SSSR count). The summed E-state index contributed by atoms with van der Waals surface area (Å²) in [5, 5.41) is 10.6. The molecule has 3 N–H and O–H groups in total. The number of anilines is 2. The maximum Gasteiger partial charge on any atom is 0.279 e. The topological polar surface area (TPSA) is 80.5 Å². The Morgan fingerprint density at radius 2 is 1.78 bits per heavy atom. The summed E-state index contributed by atoms with van der Waals surface area (Å²) in [6, 6.07) is 5.36. The minimum Gasteiger partial charge on any atom is -0.321 e. The van der Waals surface area contributed by atoms with E-state index < -0.39 is 0 Å². The van der Waals surface area contributed by atoms with Crippen molar-refractivity contribution in [1.82, 2.24) is 9.78 Å². The smallest absolute Gasteiger partial charge is 0.279 e. The fraction of sp³-hybridized carbons (Fsp3) is 0.421. The van der Waals surface area contributed by atoms with E-state index in [9.17, 15) is 9.59 Å². The predicted molar refractivity (Wildman–Crippen MR) is 107 cm³/mol. The van der Waals surface area contributed by atoms with E-state index in [4.69, 9.17) is 11.6 Å². The van der Waals surface area contributed by atoms with Crippen LogP contribution in [0, 0.1) is 20.8 Å². The van der Waals surface area contributed by atoms with Crippen LogP contribution in [0.3, 0.4) is 0 Å². The number of amides is 2. The number of halogens is 1. The fourth-order valence-electron chi connectivity index (χ4n) is 2.83. The number of carbonyl (C=O) groups is 2. The van der Waals surface area contributed by atoms with Crippen LogP contribution in [0.5, 0.6) is 0 Å². The van der Waals surface area contributed by atoms with Gasteiger partial charge < -0.3 is 15.5 Å². The Balaban J connectivity index is 1.95. The second-order valence-electron chi connectivity index (χ2n) is 6.68. The molecule has 1 unspecified atom stereocenters. The number of hydrogen-bond donors (Lipinski definition) is 3. The van der Waals surface area contributed by atoms with E-state index in [1.807, 2.05) is 40.8 Å². The third-order valence-electron chi connectivity index (χ3n) is 4.57. The van der Waals surface area contributed by atoms with Gasteiger partial charge in [-0.05, 0) is 45.4 Å². The van der Waals surface area contributed by atoms with E-state index in [0.29, 0.717) is 17.3 Å². The zero-order valence-electron chi connectivity index (χ0n) is 16.4. The highest BCUT2D eigenvalue weighted by atomic mass is 35.5. The standard InChI is InChI=1S/C19H26ClN5O2/c1-6-25(10-17(26)21-16-9-15(20)8-7-12(16)2)11-18(27)22-19-13(3)23-24(5)14(19)4/h7-9H,6,10-11H2,1-5H3,(H,21,26)(H,22,27)/p+1. The summed E-state index contributed by atoms with van der Waals surface area (Å²) >= 11 is 5.99. The highest BCUT2D eigenvalue weighted by molar-refractivity contribution is 6.31. The third-order valence-corrected chi connectivity index (χ3v) is 4.80. The van der Waals surface area contributed by atoms with Gasteiger partial charge in [0.1, 0.15) is 0 Å². The van der Waals surface area contributed by atoms with Crippen molar-refractivity contribution in [3.8, 4) is 0 Å². The van der Waals surface area contributed by atoms with Crippen molar-refractivity contribution in [2.45, 2.75) is 27.7 Å². The maximum atomic E-state index is 12.4. The molecule has 0 saturated heterocycles. The Bertz CT molecular complexity index is 847. The number of nitrogens with one attached hydrogen (secondary N) is 3. The highest BCUT2D eigenvalue weighted by Crippen LogP contribution is 2.20. The van der Waals surface area contributed by atoms with E-state index in [2.05, 4.69) is 15.7 Å². The molecule has 0 fully saturated rings. The lowest BCUT2D eigenvalue weighted by Crippen LogP contribution is -3.13. The van der Waals surface area contributed by atoms with Gasteiger partial charge >= 0.3 is 0 Å². The van der Waals surface area contributed by atoms with Crippen LogP contribution in [0.15, 0.2) is 18.2 Å². The van der Waals surface area contributed by atoms with Crippen molar-refractivity contribution >= 4 is 34.8 Å². The molecule has 27 heavy (non-hydrogen) atoms. The normalized spacial score (nSPS) is 11.9. The van der Waals surface area contributed by atoms with Crippen molar-refractivity contribution in [2.24, 2.45) is 7.05 Å². The molecule has 2 aromatic rings. The molecule has 146 valence electrons. The largest absolute Gasteiger partial charge is 0.321 e. The summed E-state index contributed by atoms with van der Waals surface area (Å²) in [5.41, 5.74) is 4.03. The molecule has 1 atom stereocenters. The molecule has 0 bridgehead atoms. The van der Waals surface area contributed by atoms with Crippen LogP contribution in [0.4, 0.5) is 11.4 Å². The molecule has 0 aliphatic rings. The average molecular weight is 393 g/mol. The third kappa shape index (κ3) is 5.55. The number of aromatic nitrogens is 2. The van der Waals surface area contributed by atoms with Crippen molar-refractivity contribution < 1.29 is 14.5 Å². The summed E-state index contributed by atoms with van der Waals surface area (Å²) < 4.78 is 1.73. The van der Waals surface area contributed by atoms with Gasteiger partial charge in [-0.2, -0.15) is 5.10 Å². The zero-order valence-corrected chi connectivity index (χ0v) is 17.2. The number of rotatable bonds is 7. The predicted octanol–water partition coefficient (Wildman–Crippen LogP) is 1.48. The molecule has 0 aliphatic heterocycles. The number of likely N-dealkylation sites (N-methyl/N-ethyl adjacent to an activating group) is 1. The number of benzene rings is 1. The molecule has 1 aromatic carbocycles. The first-order chi connectivity index (χ1) is 12.7. The Hall–Kier alpha value is -2.38. The SMILES string of the molecule is CC[NH+](CC(=O)Nc1cc(Cl)ccc1C)CC(=O)Nc1c(C)nn(C)c1C. The van der Waals surface area contributed by atoms with Gasteiger partial charge in [0.2, 0.25) is 0 Å². The minimum atomic E-state index is -0.154. The maximum absolute atomic E-state index is 12.4. The molecular weight excluding hydrogens is 366 g/mol. The van der Waals surface area contributed by atoms with Gasteiger partial charge in [-0.1, -0.05) is 17.7 Å². The summed E-state index contributed by atoms with van der Waals surface area (Å²) in [6.45, 7) is 8.66. The molecule has 2 amide bonds. The molecule has 0 radical (unpaired) electrons. The lowest BCUT2D eigenvalue weighted by Gasteiger charge is -2.17. The number of aryl methyl sites for hydroxylation is 3. The van der Waals surface area contributed by atoms with Crippen LogP contribution in [0.1, 0.15) is 23.9 Å². The van der Waals surface area contributed by atoms with E-state index in [-0.39, 0.29) is 24.9 Å². The van der Waals surface area contributed by atoms with Crippen LogP contribution in [-0.4, -0.2) is 41.2 Å². The van der Waals surface area contributed by atoms with E-state index in [0.717, 1.165) is 27.5 Å². The Morgan fingerprint density at radius 3 is 2.33 bits per heavy atom. The van der Waals surface area contributed by atoms with Gasteiger partial charge in [0.15, 0.2) is 13.1 Å². The quantitative estimate of drug-likeness (QED) is 0.667. The summed E-state index contributed by atoms with van der Waals surface area (Å²) in [7, 11) is 1.84. The second-order valence-corrected chi connectivity index (χ2v) is 7.12. The van der Waals surface area contributed by atoms with Gasteiger partial charge in [-0.3, -0.25) is 14.3 Å². The lowest BCUT2D eigenvalue weighted by molar-refractivity contribution is -0.881. The first-order valence-corrected chi connectivity index (χ1v) is 9.28. The second kappa shape index (κ2) is 9.01. The first-order valence-electron chi connectivity index (χ1n) is 8.90. The monoisotopic (exact) mass is 392 g/mol. The van der Waals surface area contributed by atoms with Crippen molar-refractivity contribution in [2.75, 3.05) is 30.3 Å². The van der Waals surface area contributed by atoms with Crippen LogP contribution in [0.25, 0.3) is 0 Å². The van der Waals surface area contributed by atoms with Crippen LogP contribution in [0.2, 0.25) is 5.02 Å². The van der Waals surface area contributed by atoms with Gasteiger partial charge in [0.05, 0.1) is 23.6 Å². The molecule has 1 heterocycles. The van der Waals surface area contributed by atoms with E-state index >= 15 is 0 Å². The highest BCUT2D eigenvalue weighted by Gasteiger charge is 2.19. The molecule has 0 spiro atoms. The van der Waals surface area contributed by atoms with E-state index in [1.54, 1.807) is 16.8 Å². The van der Waals surface area contributed by atoms with Crippen molar-refractivity contribution in [3.63, 3.8) is 0 Å². The van der Waals surface area contributed by atoms with Gasteiger partial charge in [0.25, 0.3) is 11.8 Å². The minimum absolute atomic E-state index is 0.141. The fourth-order valence-corrected chi connectivity index (χ4v) is 3.00. The lowest BCUT2D eigenvalue weighted by atomic mass is 10.2. The summed E-state index contributed by atoms with van der Waals surface area (Å²) in [6.07, 6.45) is 0. The zero-order chi connectivity index (χ0) is 20.1. The van der Waals surface area contributed by atoms with Crippen LogP contribution < -0.4 is 15.5 Å².